The lowest BCUT2D eigenvalue weighted by atomic mass is 10.3. The molecule has 0 saturated carbocycles. The van der Waals surface area contributed by atoms with Gasteiger partial charge in [-0.15, -0.1) is 22.7 Å². The summed E-state index contributed by atoms with van der Waals surface area (Å²) in [7, 11) is 0. The van der Waals surface area contributed by atoms with Gasteiger partial charge < -0.3 is 0 Å². The Bertz CT molecular complexity index is 548. The lowest BCUT2D eigenvalue weighted by Gasteiger charge is -1.99. The van der Waals surface area contributed by atoms with Crippen LogP contribution in [-0.2, 0) is 12.8 Å². The topological polar surface area (TPSA) is 0 Å². The average Bonchev–Trinajstić information content (AvgIpc) is 2.78. The minimum atomic E-state index is 1.13. The Morgan fingerprint density at radius 2 is 1.16 bits per heavy atom. The number of halogens is 4. The summed E-state index contributed by atoms with van der Waals surface area (Å²) in [5.41, 5.74) is 3.04. The largest absolute Gasteiger partial charge is 0.121 e. The van der Waals surface area contributed by atoms with E-state index in [4.69, 9.17) is 0 Å². The first-order valence-corrected chi connectivity index (χ1v) is 12.4. The molecule has 0 amide bonds. The first-order valence-electron chi connectivity index (χ1n) is 5.60. The van der Waals surface area contributed by atoms with E-state index in [1.165, 1.54) is 32.5 Å². The molecular formula is C12H10I4S3. The van der Waals surface area contributed by atoms with Gasteiger partial charge in [-0.25, -0.2) is 0 Å². The smallest absolute Gasteiger partial charge is 0.0802 e. The second-order valence-electron chi connectivity index (χ2n) is 3.72. The third-order valence-electron chi connectivity index (χ3n) is 2.62. The van der Waals surface area contributed by atoms with Crippen molar-refractivity contribution in [2.75, 3.05) is 0 Å². The molecule has 2 aromatic heterocycles. The SMILES string of the molecule is CCc1c(I)sc(Sc2sc(I)c(CC)c2I)c1I. The molecular weight excluding hydrogens is 748 g/mol. The lowest BCUT2D eigenvalue weighted by molar-refractivity contribution is 1.12. The van der Waals surface area contributed by atoms with Crippen molar-refractivity contribution >= 4 is 125 Å². The zero-order chi connectivity index (χ0) is 14.2. The van der Waals surface area contributed by atoms with E-state index >= 15 is 0 Å². The highest BCUT2D eigenvalue weighted by atomic mass is 127. The van der Waals surface area contributed by atoms with Crippen LogP contribution in [0.25, 0.3) is 0 Å². The molecule has 2 heterocycles. The van der Waals surface area contributed by atoms with E-state index in [0.29, 0.717) is 0 Å². The van der Waals surface area contributed by atoms with Gasteiger partial charge in [-0.1, -0.05) is 25.6 Å². The first-order chi connectivity index (χ1) is 8.99. The maximum absolute atomic E-state index is 2.51. The van der Waals surface area contributed by atoms with Gasteiger partial charge in [0.05, 0.1) is 14.2 Å². The van der Waals surface area contributed by atoms with Crippen molar-refractivity contribution in [3.63, 3.8) is 0 Å². The van der Waals surface area contributed by atoms with Crippen molar-refractivity contribution in [1.29, 1.82) is 0 Å². The molecule has 0 aliphatic carbocycles. The highest BCUT2D eigenvalue weighted by Gasteiger charge is 2.19. The number of hydrogen-bond donors (Lipinski definition) is 0. The van der Waals surface area contributed by atoms with Gasteiger partial charge >= 0.3 is 0 Å². The van der Waals surface area contributed by atoms with Crippen LogP contribution >= 0.6 is 125 Å². The van der Waals surface area contributed by atoms with Crippen LogP contribution in [-0.4, -0.2) is 0 Å². The average molecular weight is 758 g/mol. The molecule has 2 aromatic rings. The quantitative estimate of drug-likeness (QED) is 0.292. The molecule has 0 bridgehead atoms. The van der Waals surface area contributed by atoms with E-state index < -0.39 is 0 Å². The van der Waals surface area contributed by atoms with E-state index in [0.717, 1.165) is 12.8 Å². The van der Waals surface area contributed by atoms with Gasteiger partial charge in [-0.3, -0.25) is 0 Å². The van der Waals surface area contributed by atoms with Crippen molar-refractivity contribution in [2.24, 2.45) is 0 Å². The van der Waals surface area contributed by atoms with Crippen molar-refractivity contribution in [2.45, 2.75) is 35.1 Å². The Balaban J connectivity index is 2.37. The molecule has 0 aliphatic heterocycles. The molecule has 2 rings (SSSR count). The van der Waals surface area contributed by atoms with Crippen LogP contribution in [0.1, 0.15) is 25.0 Å². The summed E-state index contributed by atoms with van der Waals surface area (Å²) in [4.78, 5) is 0. The highest BCUT2D eigenvalue weighted by molar-refractivity contribution is 14.1. The standard InChI is InChI=1S/C12H10I4S3/c1-3-5-7(13)11(17-9(5)15)19-12-8(14)6(4-2)10(16)18-12/h3-4H2,1-2H3. The van der Waals surface area contributed by atoms with Crippen molar-refractivity contribution in [3.05, 3.63) is 24.0 Å². The maximum Gasteiger partial charge on any atom is 0.0802 e. The Labute approximate surface area is 180 Å². The lowest BCUT2D eigenvalue weighted by Crippen LogP contribution is -1.83. The molecule has 104 valence electrons. The van der Waals surface area contributed by atoms with Crippen LogP contribution in [0.15, 0.2) is 8.42 Å². The Hall–Kier alpha value is 2.67. The van der Waals surface area contributed by atoms with Gasteiger partial charge in [-0.2, -0.15) is 0 Å². The predicted octanol–water partition coefficient (Wildman–Crippen LogP) is 7.50. The summed E-state index contributed by atoms with van der Waals surface area (Å²) in [6.07, 6.45) is 2.26. The van der Waals surface area contributed by atoms with Crippen molar-refractivity contribution < 1.29 is 0 Å². The minimum absolute atomic E-state index is 1.13. The molecule has 0 N–H and O–H groups in total. The molecule has 0 nitrogen and oxygen atoms in total. The maximum atomic E-state index is 2.51. The minimum Gasteiger partial charge on any atom is -0.121 e. The molecule has 0 unspecified atom stereocenters. The van der Waals surface area contributed by atoms with Crippen LogP contribution in [0, 0.1) is 12.9 Å². The normalized spacial score (nSPS) is 11.3. The van der Waals surface area contributed by atoms with Gasteiger partial charge in [0, 0.05) is 7.14 Å². The van der Waals surface area contributed by atoms with Crippen LogP contribution in [0.5, 0.6) is 0 Å². The molecule has 0 atom stereocenters. The van der Waals surface area contributed by atoms with Crippen LogP contribution < -0.4 is 0 Å². The van der Waals surface area contributed by atoms with E-state index in [1.54, 1.807) is 0 Å². The van der Waals surface area contributed by atoms with E-state index in [-0.39, 0.29) is 0 Å². The van der Waals surface area contributed by atoms with Crippen LogP contribution in [0.3, 0.4) is 0 Å². The molecule has 0 fully saturated rings. The third-order valence-corrected chi connectivity index (χ3v) is 12.5. The summed E-state index contributed by atoms with van der Waals surface area (Å²) in [6.45, 7) is 4.49. The first kappa shape index (κ1) is 18.0. The number of hydrogen-bond acceptors (Lipinski definition) is 3. The van der Waals surface area contributed by atoms with E-state index in [1.807, 2.05) is 34.4 Å². The molecule has 7 heteroatoms. The molecule has 0 spiro atoms. The molecule has 19 heavy (non-hydrogen) atoms. The fraction of sp³-hybridized carbons (Fsp3) is 0.333. The summed E-state index contributed by atoms with van der Waals surface area (Å²) in [5.74, 6) is 0. The predicted molar refractivity (Wildman–Crippen MR) is 122 cm³/mol. The molecule has 0 radical (unpaired) electrons. The summed E-state index contributed by atoms with van der Waals surface area (Å²) in [6, 6.07) is 0. The van der Waals surface area contributed by atoms with Crippen molar-refractivity contribution in [1.82, 2.24) is 0 Å². The Morgan fingerprint density at radius 3 is 1.42 bits per heavy atom. The van der Waals surface area contributed by atoms with Gasteiger partial charge in [0.25, 0.3) is 0 Å². The summed E-state index contributed by atoms with van der Waals surface area (Å²) in [5, 5.41) is 0. The fourth-order valence-corrected chi connectivity index (χ4v) is 12.7. The Morgan fingerprint density at radius 1 is 0.789 bits per heavy atom. The van der Waals surface area contributed by atoms with Gasteiger partial charge in [0.15, 0.2) is 0 Å². The van der Waals surface area contributed by atoms with Crippen LogP contribution in [0.4, 0.5) is 0 Å². The fourth-order valence-electron chi connectivity index (χ4n) is 1.60. The zero-order valence-corrected chi connectivity index (χ0v) is 21.2. The Kier molecular flexibility index (Phi) is 7.56. The monoisotopic (exact) mass is 758 g/mol. The summed E-state index contributed by atoms with van der Waals surface area (Å²) < 4.78 is 8.72. The molecule has 0 aromatic carbocycles. The van der Waals surface area contributed by atoms with Crippen molar-refractivity contribution in [3.8, 4) is 0 Å². The highest BCUT2D eigenvalue weighted by Crippen LogP contribution is 2.46. The number of rotatable bonds is 4. The second-order valence-corrected chi connectivity index (χ2v) is 13.1. The van der Waals surface area contributed by atoms with Gasteiger partial charge in [0.1, 0.15) is 0 Å². The van der Waals surface area contributed by atoms with E-state index in [9.17, 15) is 0 Å². The van der Waals surface area contributed by atoms with Gasteiger partial charge in [0.2, 0.25) is 0 Å². The second kappa shape index (κ2) is 7.97. The number of thiophene rings is 2. The third kappa shape index (κ3) is 3.96. The van der Waals surface area contributed by atoms with E-state index in [2.05, 4.69) is 104 Å². The van der Waals surface area contributed by atoms with Crippen LogP contribution in [0.2, 0.25) is 0 Å². The zero-order valence-electron chi connectivity index (χ0n) is 10.2. The molecule has 0 saturated heterocycles. The van der Waals surface area contributed by atoms with Gasteiger partial charge in [-0.05, 0) is 114 Å². The molecule has 0 aliphatic rings. The summed E-state index contributed by atoms with van der Waals surface area (Å²) >= 11 is 15.8.